The topological polar surface area (TPSA) is 21.6 Å². The molecule has 0 spiro atoms. The lowest BCUT2D eigenvalue weighted by Crippen LogP contribution is -2.18. The van der Waals surface area contributed by atoms with Crippen molar-refractivity contribution in [1.82, 2.24) is 0 Å². The molecule has 0 saturated heterocycles. The summed E-state index contributed by atoms with van der Waals surface area (Å²) in [7, 11) is -0.676. The van der Waals surface area contributed by atoms with Crippen molar-refractivity contribution in [2.75, 3.05) is 6.61 Å². The lowest BCUT2D eigenvalue weighted by molar-refractivity contribution is 0.296. The summed E-state index contributed by atoms with van der Waals surface area (Å²) in [4.78, 5) is 4.86. The normalized spacial score (nSPS) is 17.9. The zero-order valence-corrected chi connectivity index (χ0v) is 13.3. The van der Waals surface area contributed by atoms with Crippen LogP contribution < -0.4 is 10.6 Å². The van der Waals surface area contributed by atoms with Gasteiger partial charge in [0.15, 0.2) is 0 Å². The van der Waals surface area contributed by atoms with Gasteiger partial charge in [-0.3, -0.25) is 0 Å². The quantitative estimate of drug-likeness (QED) is 0.791. The van der Waals surface area contributed by atoms with Gasteiger partial charge in [0.05, 0.1) is 6.04 Å². The number of aliphatic imine (C=N–C) groups is 1. The zero-order valence-electron chi connectivity index (χ0n) is 12.4. The van der Waals surface area contributed by atoms with E-state index in [1.165, 1.54) is 10.6 Å². The maximum absolute atomic E-state index is 5.98. The smallest absolute Gasteiger partial charge is 0.215 e. The number of ether oxygens (including phenoxy) is 1. The largest absolute Gasteiger partial charge is 0.475 e. The highest BCUT2D eigenvalue weighted by atomic mass is 31.1. The maximum atomic E-state index is 5.98. The van der Waals surface area contributed by atoms with Crippen molar-refractivity contribution < 1.29 is 4.74 Å². The molecule has 2 aromatic carbocycles. The molecule has 1 aliphatic heterocycles. The number of hydrogen-bond donors (Lipinski definition) is 0. The molecule has 3 heteroatoms. The van der Waals surface area contributed by atoms with Crippen LogP contribution in [0.4, 0.5) is 0 Å². The van der Waals surface area contributed by atoms with E-state index in [0.29, 0.717) is 12.5 Å². The van der Waals surface area contributed by atoms with Crippen LogP contribution in [0.3, 0.4) is 0 Å². The average molecular weight is 297 g/mol. The third kappa shape index (κ3) is 3.16. The molecule has 1 heterocycles. The van der Waals surface area contributed by atoms with E-state index >= 15 is 0 Å². The van der Waals surface area contributed by atoms with Gasteiger partial charge >= 0.3 is 0 Å². The van der Waals surface area contributed by atoms with Gasteiger partial charge in [0.2, 0.25) is 5.64 Å². The molecule has 0 radical (unpaired) electrons. The molecule has 1 aliphatic rings. The van der Waals surface area contributed by atoms with Gasteiger partial charge in [-0.1, -0.05) is 74.5 Å². The molecule has 0 N–H and O–H groups in total. The van der Waals surface area contributed by atoms with E-state index in [0.717, 1.165) is 5.64 Å². The summed E-state index contributed by atoms with van der Waals surface area (Å²) in [6.45, 7) is 5.12. The standard InChI is InChI=1S/C18H20NOP/c1-14(2)17-13-20-18(19-17)21(15-9-5-3-6-10-15)16-11-7-4-8-12-16/h3-12,14,17H,13H2,1-2H3/t17-/m1/s1. The van der Waals surface area contributed by atoms with Gasteiger partial charge in [0, 0.05) is 7.92 Å². The molecular formula is C18H20NOP. The van der Waals surface area contributed by atoms with Crippen LogP contribution in [-0.4, -0.2) is 18.3 Å². The summed E-state index contributed by atoms with van der Waals surface area (Å²) in [5, 5.41) is 2.59. The Morgan fingerprint density at radius 1 is 0.952 bits per heavy atom. The van der Waals surface area contributed by atoms with Crippen LogP contribution in [0, 0.1) is 5.92 Å². The first-order valence-corrected chi connectivity index (χ1v) is 8.70. The van der Waals surface area contributed by atoms with Crippen LogP contribution in [0.2, 0.25) is 0 Å². The first-order valence-electron chi connectivity index (χ1n) is 7.36. The van der Waals surface area contributed by atoms with Crippen LogP contribution in [0.5, 0.6) is 0 Å². The van der Waals surface area contributed by atoms with E-state index in [9.17, 15) is 0 Å². The Morgan fingerprint density at radius 3 is 1.90 bits per heavy atom. The minimum absolute atomic E-state index is 0.289. The van der Waals surface area contributed by atoms with Crippen LogP contribution in [0.1, 0.15) is 13.8 Å². The molecule has 0 saturated carbocycles. The predicted octanol–water partition coefficient (Wildman–Crippen LogP) is 3.53. The highest BCUT2D eigenvalue weighted by Gasteiger charge is 2.29. The Labute approximate surface area is 127 Å². The van der Waals surface area contributed by atoms with Crippen molar-refractivity contribution in [3.05, 3.63) is 60.7 Å². The second-order valence-corrected chi connectivity index (χ2v) is 7.63. The van der Waals surface area contributed by atoms with Crippen LogP contribution in [-0.2, 0) is 4.74 Å². The minimum atomic E-state index is -0.676. The Hall–Kier alpha value is -1.66. The SMILES string of the molecule is CC(C)[C@H]1COC(P(c2ccccc2)c2ccccc2)=N1. The third-order valence-corrected chi connectivity index (χ3v) is 5.91. The first kappa shape index (κ1) is 14.3. The highest BCUT2D eigenvalue weighted by molar-refractivity contribution is 7.87. The first-order chi connectivity index (χ1) is 10.3. The van der Waals surface area contributed by atoms with Crippen LogP contribution in [0.25, 0.3) is 0 Å². The van der Waals surface area contributed by atoms with E-state index < -0.39 is 7.92 Å². The van der Waals surface area contributed by atoms with Gasteiger partial charge in [-0.15, -0.1) is 0 Å². The molecule has 2 nitrogen and oxygen atoms in total. The van der Waals surface area contributed by atoms with Crippen molar-refractivity contribution in [3.8, 4) is 0 Å². The molecule has 0 bridgehead atoms. The van der Waals surface area contributed by atoms with Crippen LogP contribution in [0.15, 0.2) is 65.7 Å². The van der Waals surface area contributed by atoms with E-state index in [2.05, 4.69) is 74.5 Å². The Bertz CT molecular complexity index is 570. The van der Waals surface area contributed by atoms with Crippen molar-refractivity contribution in [2.24, 2.45) is 10.9 Å². The van der Waals surface area contributed by atoms with E-state index in [4.69, 9.17) is 9.73 Å². The van der Waals surface area contributed by atoms with Gasteiger partial charge in [-0.25, -0.2) is 4.99 Å². The fourth-order valence-corrected chi connectivity index (χ4v) is 4.51. The molecule has 3 rings (SSSR count). The summed E-state index contributed by atoms with van der Waals surface area (Å²) in [6, 6.07) is 21.4. The van der Waals surface area contributed by atoms with Gasteiger partial charge in [-0.2, -0.15) is 0 Å². The molecule has 2 aromatic rings. The minimum Gasteiger partial charge on any atom is -0.475 e. The van der Waals surface area contributed by atoms with E-state index in [1.807, 2.05) is 0 Å². The lowest BCUT2D eigenvalue weighted by Gasteiger charge is -2.17. The Morgan fingerprint density at radius 2 is 1.48 bits per heavy atom. The van der Waals surface area contributed by atoms with Crippen molar-refractivity contribution >= 4 is 24.2 Å². The summed E-state index contributed by atoms with van der Waals surface area (Å²) in [5.74, 6) is 0.519. The van der Waals surface area contributed by atoms with Gasteiger partial charge in [0.1, 0.15) is 6.61 Å². The molecule has 0 unspecified atom stereocenters. The monoisotopic (exact) mass is 297 g/mol. The van der Waals surface area contributed by atoms with Crippen molar-refractivity contribution in [2.45, 2.75) is 19.9 Å². The summed E-state index contributed by atoms with van der Waals surface area (Å²) in [6.07, 6.45) is 0. The lowest BCUT2D eigenvalue weighted by atomic mass is 10.1. The Balaban J connectivity index is 2.00. The van der Waals surface area contributed by atoms with E-state index in [1.54, 1.807) is 0 Å². The molecule has 21 heavy (non-hydrogen) atoms. The maximum Gasteiger partial charge on any atom is 0.215 e. The predicted molar refractivity (Wildman–Crippen MR) is 91.1 cm³/mol. The number of rotatable bonds is 4. The Kier molecular flexibility index (Phi) is 4.36. The molecule has 0 amide bonds. The fourth-order valence-electron chi connectivity index (χ4n) is 2.36. The number of nitrogens with zero attached hydrogens (tertiary/aromatic N) is 1. The molecule has 0 fully saturated rings. The summed E-state index contributed by atoms with van der Waals surface area (Å²) in [5.41, 5.74) is 0.918. The van der Waals surface area contributed by atoms with Gasteiger partial charge in [0.25, 0.3) is 0 Å². The summed E-state index contributed by atoms with van der Waals surface area (Å²) >= 11 is 0. The van der Waals surface area contributed by atoms with E-state index in [-0.39, 0.29) is 6.04 Å². The summed E-state index contributed by atoms with van der Waals surface area (Å²) < 4.78 is 5.98. The number of hydrogen-bond acceptors (Lipinski definition) is 2. The molecule has 1 atom stereocenters. The second kappa shape index (κ2) is 6.41. The van der Waals surface area contributed by atoms with Crippen molar-refractivity contribution in [3.63, 3.8) is 0 Å². The van der Waals surface area contributed by atoms with Crippen molar-refractivity contribution in [1.29, 1.82) is 0 Å². The molecule has 0 aromatic heterocycles. The van der Waals surface area contributed by atoms with Crippen LogP contribution >= 0.6 is 7.92 Å². The zero-order chi connectivity index (χ0) is 14.7. The van der Waals surface area contributed by atoms with Gasteiger partial charge < -0.3 is 4.74 Å². The second-order valence-electron chi connectivity index (χ2n) is 5.54. The fraction of sp³-hybridized carbons (Fsp3) is 0.278. The molecular weight excluding hydrogens is 277 g/mol. The molecule has 108 valence electrons. The third-order valence-electron chi connectivity index (χ3n) is 3.65. The average Bonchev–Trinajstić information content (AvgIpc) is 3.00. The highest BCUT2D eigenvalue weighted by Crippen LogP contribution is 2.38. The van der Waals surface area contributed by atoms with Gasteiger partial charge in [-0.05, 0) is 16.5 Å². The molecule has 0 aliphatic carbocycles. The number of benzene rings is 2.